The number of hydrogen-bond acceptors (Lipinski definition) is 1. The molecule has 0 radical (unpaired) electrons. The number of aliphatic hydroxyl groups is 1. The van der Waals surface area contributed by atoms with Crippen LogP contribution < -0.4 is 0 Å². The van der Waals surface area contributed by atoms with Crippen LogP contribution in [0, 0.1) is 0 Å². The summed E-state index contributed by atoms with van der Waals surface area (Å²) >= 11 is 6.75. The predicted octanol–water partition coefficient (Wildman–Crippen LogP) is 6.71. The van der Waals surface area contributed by atoms with Gasteiger partial charge in [0.25, 0.3) is 0 Å². The SMILES string of the molecule is C.CC(C)c1cccc(Br)c1.CC(O)c1cccc(Br)c1. The average molecular weight is 416 g/mol. The number of hydrogen-bond donors (Lipinski definition) is 1. The Balaban J connectivity index is 0.000000364. The second kappa shape index (κ2) is 10.1. The van der Waals surface area contributed by atoms with E-state index in [-0.39, 0.29) is 13.5 Å². The Bertz CT molecular complexity index is 487. The van der Waals surface area contributed by atoms with Crippen LogP contribution in [-0.2, 0) is 0 Å². The zero-order chi connectivity index (χ0) is 15.1. The van der Waals surface area contributed by atoms with Gasteiger partial charge >= 0.3 is 0 Å². The number of halogens is 2. The highest BCUT2D eigenvalue weighted by molar-refractivity contribution is 9.10. The van der Waals surface area contributed by atoms with Gasteiger partial charge in [0.1, 0.15) is 0 Å². The number of rotatable bonds is 2. The molecule has 0 aromatic heterocycles. The molecule has 2 aromatic rings. The molecule has 0 amide bonds. The molecule has 0 aliphatic rings. The minimum absolute atomic E-state index is 0. The minimum atomic E-state index is -0.377. The van der Waals surface area contributed by atoms with Crippen LogP contribution in [0.15, 0.2) is 57.5 Å². The summed E-state index contributed by atoms with van der Waals surface area (Å²) in [6.45, 7) is 6.14. The normalized spacial score (nSPS) is 11.2. The molecule has 1 N–H and O–H groups in total. The molecule has 2 aromatic carbocycles. The maximum Gasteiger partial charge on any atom is 0.0762 e. The van der Waals surface area contributed by atoms with E-state index in [0.29, 0.717) is 5.92 Å². The van der Waals surface area contributed by atoms with Crippen LogP contribution in [-0.4, -0.2) is 5.11 Å². The monoisotopic (exact) mass is 414 g/mol. The second-order valence-electron chi connectivity index (χ2n) is 4.94. The van der Waals surface area contributed by atoms with Crippen molar-refractivity contribution in [3.05, 3.63) is 68.6 Å². The molecule has 0 spiro atoms. The van der Waals surface area contributed by atoms with Crippen LogP contribution in [0.4, 0.5) is 0 Å². The van der Waals surface area contributed by atoms with Crippen LogP contribution in [0.5, 0.6) is 0 Å². The lowest BCUT2D eigenvalue weighted by molar-refractivity contribution is 0.199. The van der Waals surface area contributed by atoms with Crippen molar-refractivity contribution in [1.82, 2.24) is 0 Å². The van der Waals surface area contributed by atoms with E-state index in [0.717, 1.165) is 10.0 Å². The van der Waals surface area contributed by atoms with Crippen LogP contribution in [0.25, 0.3) is 0 Å². The molecule has 21 heavy (non-hydrogen) atoms. The Kier molecular flexibility index (Phi) is 9.84. The van der Waals surface area contributed by atoms with E-state index in [9.17, 15) is 0 Å². The fourth-order valence-electron chi connectivity index (χ4n) is 1.63. The molecular formula is C18H24Br2O. The summed E-state index contributed by atoms with van der Waals surface area (Å²) in [7, 11) is 0. The van der Waals surface area contributed by atoms with Crippen molar-refractivity contribution in [3.63, 3.8) is 0 Å². The highest BCUT2D eigenvalue weighted by Crippen LogP contribution is 2.18. The first kappa shape index (κ1) is 20.4. The largest absolute Gasteiger partial charge is 0.389 e. The molecule has 2 rings (SSSR count). The smallest absolute Gasteiger partial charge is 0.0762 e. The van der Waals surface area contributed by atoms with Gasteiger partial charge in [-0.25, -0.2) is 0 Å². The lowest BCUT2D eigenvalue weighted by Gasteiger charge is -2.03. The van der Waals surface area contributed by atoms with Crippen LogP contribution in [0.2, 0.25) is 0 Å². The van der Waals surface area contributed by atoms with Gasteiger partial charge < -0.3 is 5.11 Å². The lowest BCUT2D eigenvalue weighted by atomic mass is 10.0. The van der Waals surface area contributed by atoms with Crippen molar-refractivity contribution >= 4 is 31.9 Å². The Hall–Kier alpha value is -0.640. The maximum absolute atomic E-state index is 9.13. The van der Waals surface area contributed by atoms with Gasteiger partial charge in [-0.05, 0) is 48.2 Å². The van der Waals surface area contributed by atoms with E-state index in [1.165, 1.54) is 10.0 Å². The molecule has 0 aliphatic heterocycles. The summed E-state index contributed by atoms with van der Waals surface area (Å²) in [5.41, 5.74) is 2.32. The zero-order valence-electron chi connectivity index (χ0n) is 12.0. The highest BCUT2D eigenvalue weighted by Gasteiger charge is 1.98. The highest BCUT2D eigenvalue weighted by atomic mass is 79.9. The molecule has 0 fully saturated rings. The lowest BCUT2D eigenvalue weighted by Crippen LogP contribution is -1.88. The predicted molar refractivity (Wildman–Crippen MR) is 99.7 cm³/mol. The summed E-state index contributed by atoms with van der Waals surface area (Å²) in [6, 6.07) is 16.1. The van der Waals surface area contributed by atoms with Crippen molar-refractivity contribution in [2.45, 2.75) is 40.2 Å². The summed E-state index contributed by atoms with van der Waals surface area (Å²) in [5.74, 6) is 0.623. The molecule has 0 aliphatic carbocycles. The Morgan fingerprint density at radius 1 is 0.810 bits per heavy atom. The van der Waals surface area contributed by atoms with Gasteiger partial charge in [0.05, 0.1) is 6.10 Å². The molecule has 116 valence electrons. The molecule has 0 saturated heterocycles. The standard InChI is InChI=1S/C9H11Br.C8H9BrO.CH4/c1-7(2)8-4-3-5-9(10)6-8;1-6(10)7-3-2-4-8(9)5-7;/h3-7H,1-2H3;2-6,10H,1H3;1H4. The van der Waals surface area contributed by atoms with E-state index in [4.69, 9.17) is 5.11 Å². The topological polar surface area (TPSA) is 20.2 Å². The van der Waals surface area contributed by atoms with E-state index < -0.39 is 0 Å². The second-order valence-corrected chi connectivity index (χ2v) is 6.77. The van der Waals surface area contributed by atoms with Gasteiger partial charge in [0.15, 0.2) is 0 Å². The first-order valence-corrected chi connectivity index (χ1v) is 8.17. The first-order chi connectivity index (χ1) is 9.40. The molecule has 3 heteroatoms. The van der Waals surface area contributed by atoms with Gasteiger partial charge in [0, 0.05) is 8.95 Å². The molecule has 1 atom stereocenters. The molecule has 1 nitrogen and oxygen atoms in total. The fourth-order valence-corrected chi connectivity index (χ4v) is 2.47. The summed E-state index contributed by atoms with van der Waals surface area (Å²) in [6.07, 6.45) is -0.377. The van der Waals surface area contributed by atoms with E-state index >= 15 is 0 Å². The molecule has 0 saturated carbocycles. The molecule has 0 heterocycles. The van der Waals surface area contributed by atoms with E-state index in [1.54, 1.807) is 6.92 Å². The van der Waals surface area contributed by atoms with Gasteiger partial charge in [-0.1, -0.05) is 77.4 Å². The van der Waals surface area contributed by atoms with Crippen molar-refractivity contribution < 1.29 is 5.11 Å². The van der Waals surface area contributed by atoms with Gasteiger partial charge in [0.2, 0.25) is 0 Å². The Morgan fingerprint density at radius 3 is 1.52 bits per heavy atom. The Labute approximate surface area is 145 Å². The summed E-state index contributed by atoms with van der Waals surface area (Å²) in [5, 5.41) is 9.13. The third-order valence-corrected chi connectivity index (χ3v) is 3.83. The maximum atomic E-state index is 9.13. The van der Waals surface area contributed by atoms with Crippen molar-refractivity contribution in [1.29, 1.82) is 0 Å². The van der Waals surface area contributed by atoms with Crippen molar-refractivity contribution in [2.75, 3.05) is 0 Å². The van der Waals surface area contributed by atoms with Gasteiger partial charge in [-0.3, -0.25) is 0 Å². The van der Waals surface area contributed by atoms with Crippen LogP contribution >= 0.6 is 31.9 Å². The molecule has 0 bridgehead atoms. The minimum Gasteiger partial charge on any atom is -0.389 e. The molecular weight excluding hydrogens is 392 g/mol. The average Bonchev–Trinajstić information content (AvgIpc) is 2.39. The first-order valence-electron chi connectivity index (χ1n) is 6.59. The zero-order valence-corrected chi connectivity index (χ0v) is 15.1. The third kappa shape index (κ3) is 7.79. The fraction of sp³-hybridized carbons (Fsp3) is 0.333. The van der Waals surface area contributed by atoms with E-state index in [1.807, 2.05) is 30.3 Å². The van der Waals surface area contributed by atoms with Crippen LogP contribution in [0.3, 0.4) is 0 Å². The van der Waals surface area contributed by atoms with Gasteiger partial charge in [-0.2, -0.15) is 0 Å². The van der Waals surface area contributed by atoms with Crippen molar-refractivity contribution in [2.24, 2.45) is 0 Å². The molecule has 1 unspecified atom stereocenters. The van der Waals surface area contributed by atoms with Crippen LogP contribution in [0.1, 0.15) is 51.3 Å². The van der Waals surface area contributed by atoms with Crippen molar-refractivity contribution in [3.8, 4) is 0 Å². The Morgan fingerprint density at radius 2 is 1.24 bits per heavy atom. The van der Waals surface area contributed by atoms with Gasteiger partial charge in [-0.15, -0.1) is 0 Å². The third-order valence-electron chi connectivity index (χ3n) is 2.85. The van der Waals surface area contributed by atoms with E-state index in [2.05, 4.69) is 63.9 Å². The number of aliphatic hydroxyl groups excluding tert-OH is 1. The summed E-state index contributed by atoms with van der Waals surface area (Å²) in [4.78, 5) is 0. The quantitative estimate of drug-likeness (QED) is 0.577. The summed E-state index contributed by atoms with van der Waals surface area (Å²) < 4.78 is 2.17. The number of benzene rings is 2.